The highest BCUT2D eigenvalue weighted by atomic mass is 19.1. The quantitative estimate of drug-likeness (QED) is 0.117. The molecular weight excluding hydrogens is 545 g/mol. The third-order valence-electron chi connectivity index (χ3n) is 8.82. The van der Waals surface area contributed by atoms with Gasteiger partial charge in [-0.15, -0.1) is 0 Å². The number of benzene rings is 6. The summed E-state index contributed by atoms with van der Waals surface area (Å²) in [5.41, 5.74) is 7.36. The fourth-order valence-electron chi connectivity index (χ4n) is 6.68. The Morgan fingerprint density at radius 3 is 2.20 bits per heavy atom. The van der Waals surface area contributed by atoms with E-state index >= 15 is 0 Å². The smallest absolute Gasteiger partial charge is 0.189 e. The number of anilines is 3. The number of rotatable bonds is 5. The van der Waals surface area contributed by atoms with Crippen molar-refractivity contribution in [2.24, 2.45) is 0 Å². The van der Waals surface area contributed by atoms with E-state index in [2.05, 4.69) is 61.2 Å². The molecule has 0 aromatic heterocycles. The number of aldehydes is 1. The predicted molar refractivity (Wildman–Crippen MR) is 178 cm³/mol. The topological polar surface area (TPSA) is 37.4 Å². The molecule has 0 atom stereocenters. The summed E-state index contributed by atoms with van der Waals surface area (Å²) in [6.07, 6.45) is 2.64. The van der Waals surface area contributed by atoms with Crippen molar-refractivity contribution in [1.29, 1.82) is 0 Å². The molecule has 0 N–H and O–H groups in total. The SMILES string of the molecule is C/C(=C/c1ccc2c3c(ccc2c1)N(c1ccc(F)cc1)c1ccccc1C3(C)C)C(=O)c1cc2ccccc2cc1C=O. The highest BCUT2D eigenvalue weighted by Gasteiger charge is 2.38. The fraction of sp³-hybridized carbons (Fsp3) is 0.100. The number of carbonyl (C=O) groups excluding carboxylic acids is 2. The van der Waals surface area contributed by atoms with Gasteiger partial charge < -0.3 is 4.90 Å². The lowest BCUT2D eigenvalue weighted by Gasteiger charge is -2.42. The van der Waals surface area contributed by atoms with Gasteiger partial charge in [-0.25, -0.2) is 4.39 Å². The molecule has 0 aliphatic carbocycles. The van der Waals surface area contributed by atoms with Crippen molar-refractivity contribution in [3.05, 3.63) is 154 Å². The zero-order valence-electron chi connectivity index (χ0n) is 24.8. The molecule has 44 heavy (non-hydrogen) atoms. The first-order valence-electron chi connectivity index (χ1n) is 14.7. The van der Waals surface area contributed by atoms with Crippen molar-refractivity contribution in [2.45, 2.75) is 26.2 Å². The summed E-state index contributed by atoms with van der Waals surface area (Å²) >= 11 is 0. The van der Waals surface area contributed by atoms with Crippen LogP contribution in [0.3, 0.4) is 0 Å². The molecular formula is C40H30FNO2. The Labute approximate surface area is 255 Å². The van der Waals surface area contributed by atoms with Crippen LogP contribution in [0.2, 0.25) is 0 Å². The van der Waals surface area contributed by atoms with E-state index in [9.17, 15) is 14.0 Å². The number of fused-ring (bicyclic) bond motifs is 5. The van der Waals surface area contributed by atoms with Crippen molar-refractivity contribution in [3.8, 4) is 0 Å². The van der Waals surface area contributed by atoms with Gasteiger partial charge in [0, 0.05) is 22.2 Å². The van der Waals surface area contributed by atoms with Crippen LogP contribution in [0.15, 0.2) is 121 Å². The fourth-order valence-corrected chi connectivity index (χ4v) is 6.68. The minimum absolute atomic E-state index is 0.170. The number of ketones is 1. The molecule has 0 unspecified atom stereocenters. The molecule has 214 valence electrons. The Bertz CT molecular complexity index is 2160. The van der Waals surface area contributed by atoms with Gasteiger partial charge >= 0.3 is 0 Å². The number of halogens is 1. The lowest BCUT2D eigenvalue weighted by Crippen LogP contribution is -2.30. The second-order valence-corrected chi connectivity index (χ2v) is 12.0. The zero-order valence-corrected chi connectivity index (χ0v) is 24.8. The van der Waals surface area contributed by atoms with Gasteiger partial charge in [-0.05, 0) is 111 Å². The molecule has 0 radical (unpaired) electrons. The van der Waals surface area contributed by atoms with Crippen LogP contribution in [0.1, 0.15) is 58.2 Å². The number of para-hydroxylation sites is 1. The van der Waals surface area contributed by atoms with Crippen LogP contribution in [0.5, 0.6) is 0 Å². The molecule has 7 rings (SSSR count). The van der Waals surface area contributed by atoms with Crippen molar-refractivity contribution in [2.75, 3.05) is 4.90 Å². The summed E-state index contributed by atoms with van der Waals surface area (Å²) in [6, 6.07) is 36.8. The molecule has 4 heteroatoms. The maximum absolute atomic E-state index is 13.9. The normalized spacial score (nSPS) is 13.9. The van der Waals surface area contributed by atoms with Gasteiger partial charge in [0.2, 0.25) is 0 Å². The predicted octanol–water partition coefficient (Wildman–Crippen LogP) is 10.3. The van der Waals surface area contributed by atoms with E-state index in [4.69, 9.17) is 0 Å². The number of hydrogen-bond acceptors (Lipinski definition) is 3. The molecule has 6 aromatic rings. The summed E-state index contributed by atoms with van der Waals surface area (Å²) in [5.74, 6) is -0.438. The molecule has 0 amide bonds. The minimum Gasteiger partial charge on any atom is -0.310 e. The van der Waals surface area contributed by atoms with E-state index in [1.54, 1.807) is 19.1 Å². The average molecular weight is 576 g/mol. The van der Waals surface area contributed by atoms with Gasteiger partial charge in [0.05, 0.1) is 11.4 Å². The number of nitrogens with zero attached hydrogens (tertiary/aromatic N) is 1. The second kappa shape index (κ2) is 10.4. The first-order chi connectivity index (χ1) is 21.3. The van der Waals surface area contributed by atoms with Crippen molar-refractivity contribution in [1.82, 2.24) is 0 Å². The van der Waals surface area contributed by atoms with Crippen LogP contribution in [-0.2, 0) is 5.41 Å². The zero-order chi connectivity index (χ0) is 30.6. The molecule has 1 aliphatic heterocycles. The van der Waals surface area contributed by atoms with Crippen LogP contribution in [0, 0.1) is 5.82 Å². The first kappa shape index (κ1) is 27.5. The average Bonchev–Trinajstić information content (AvgIpc) is 3.04. The Kier molecular flexibility index (Phi) is 6.51. The lowest BCUT2D eigenvalue weighted by molar-refractivity contribution is 0.102. The first-order valence-corrected chi connectivity index (χ1v) is 14.7. The number of Topliss-reactive ketones (excluding diaryl/α,β-unsaturated/α-hetero) is 1. The highest BCUT2D eigenvalue weighted by Crippen LogP contribution is 2.53. The van der Waals surface area contributed by atoms with E-state index in [-0.39, 0.29) is 17.0 Å². The third-order valence-corrected chi connectivity index (χ3v) is 8.82. The molecule has 0 bridgehead atoms. The molecule has 1 heterocycles. The molecule has 3 nitrogen and oxygen atoms in total. The maximum atomic E-state index is 13.9. The van der Waals surface area contributed by atoms with Gasteiger partial charge in [-0.3, -0.25) is 9.59 Å². The van der Waals surface area contributed by atoms with E-state index in [0.717, 1.165) is 50.5 Å². The van der Waals surface area contributed by atoms with Crippen LogP contribution in [0.25, 0.3) is 27.6 Å². The summed E-state index contributed by atoms with van der Waals surface area (Å²) < 4.78 is 13.9. The Morgan fingerprint density at radius 2 is 1.45 bits per heavy atom. The molecule has 0 saturated carbocycles. The third kappa shape index (κ3) is 4.42. The van der Waals surface area contributed by atoms with Crippen molar-refractivity contribution in [3.63, 3.8) is 0 Å². The number of carbonyl (C=O) groups is 2. The Morgan fingerprint density at radius 1 is 0.750 bits per heavy atom. The highest BCUT2D eigenvalue weighted by molar-refractivity contribution is 6.16. The monoisotopic (exact) mass is 575 g/mol. The molecule has 0 spiro atoms. The van der Waals surface area contributed by atoms with Crippen LogP contribution in [0.4, 0.5) is 21.5 Å². The standard InChI is InChI=1S/C40H30FNO2/c1-25(39(44)34-23-28-9-5-4-8-27(28)22-30(34)24-43)20-26-12-18-33-29(21-26)13-19-37-38(33)40(2,3)35-10-6-7-11-36(35)42(37)32-16-14-31(41)15-17-32/h4-24H,1-3H3/b25-20-. The molecule has 0 fully saturated rings. The van der Waals surface area contributed by atoms with Gasteiger partial charge in [-0.1, -0.05) is 74.5 Å². The van der Waals surface area contributed by atoms with Gasteiger partial charge in [0.1, 0.15) is 5.82 Å². The van der Waals surface area contributed by atoms with E-state index < -0.39 is 0 Å². The van der Waals surface area contributed by atoms with E-state index in [1.807, 2.05) is 54.6 Å². The van der Waals surface area contributed by atoms with Crippen LogP contribution in [-0.4, -0.2) is 12.1 Å². The molecule has 6 aromatic carbocycles. The summed E-state index contributed by atoms with van der Waals surface area (Å²) in [7, 11) is 0. The number of allylic oxidation sites excluding steroid dienone is 1. The van der Waals surface area contributed by atoms with E-state index in [1.165, 1.54) is 23.3 Å². The Hall–Kier alpha value is -5.35. The van der Waals surface area contributed by atoms with Gasteiger partial charge in [0.15, 0.2) is 12.1 Å². The van der Waals surface area contributed by atoms with E-state index in [0.29, 0.717) is 16.7 Å². The summed E-state index contributed by atoms with van der Waals surface area (Å²) in [6.45, 7) is 6.29. The van der Waals surface area contributed by atoms with Crippen molar-refractivity contribution < 1.29 is 14.0 Å². The lowest BCUT2D eigenvalue weighted by atomic mass is 9.71. The van der Waals surface area contributed by atoms with Gasteiger partial charge in [-0.2, -0.15) is 0 Å². The number of hydrogen-bond donors (Lipinski definition) is 0. The van der Waals surface area contributed by atoms with Crippen LogP contribution < -0.4 is 4.90 Å². The van der Waals surface area contributed by atoms with Crippen LogP contribution >= 0.6 is 0 Å². The summed E-state index contributed by atoms with van der Waals surface area (Å²) in [5, 5.41) is 4.02. The second-order valence-electron chi connectivity index (χ2n) is 12.0. The summed E-state index contributed by atoms with van der Waals surface area (Å²) in [4.78, 5) is 27.7. The maximum Gasteiger partial charge on any atom is 0.189 e. The largest absolute Gasteiger partial charge is 0.310 e. The molecule has 1 aliphatic rings. The van der Waals surface area contributed by atoms with Crippen molar-refractivity contribution >= 4 is 56.8 Å². The Balaban J connectivity index is 1.33. The minimum atomic E-state index is -0.299. The molecule has 0 saturated heterocycles. The van der Waals surface area contributed by atoms with Gasteiger partial charge in [0.25, 0.3) is 0 Å².